The van der Waals surface area contributed by atoms with Gasteiger partial charge in [-0.2, -0.15) is 8.42 Å². The molecule has 14 aromatic rings. The molecule has 0 saturated heterocycles. The first-order chi connectivity index (χ1) is 58.8. The maximum absolute atomic E-state index is 14.0. The summed E-state index contributed by atoms with van der Waals surface area (Å²) in [5.41, 5.74) is 5.60. The molecule has 42 heteroatoms. The van der Waals surface area contributed by atoms with Crippen LogP contribution in [0, 0.1) is 32.6 Å². The van der Waals surface area contributed by atoms with Crippen LogP contribution >= 0.6 is 67.6 Å². The number of nitrogen functional groups attached to an aromatic ring is 1. The van der Waals surface area contributed by atoms with Gasteiger partial charge in [0, 0.05) is 119 Å². The van der Waals surface area contributed by atoms with Crippen LogP contribution in [-0.4, -0.2) is 115 Å². The summed E-state index contributed by atoms with van der Waals surface area (Å²) >= 11 is 5.48. The van der Waals surface area contributed by atoms with Gasteiger partial charge in [0.15, 0.2) is 27.8 Å². The molecule has 0 aliphatic rings. The Morgan fingerprint density at radius 3 is 1.35 bits per heavy atom. The van der Waals surface area contributed by atoms with E-state index in [2.05, 4.69) is 40.9 Å². The number of carbonyl (C=O) groups excluding carboxylic acids is 2. The van der Waals surface area contributed by atoms with Gasteiger partial charge in [0.25, 0.3) is 53.5 Å². The number of hydrogen-bond acceptors (Lipinski definition) is 27. The summed E-state index contributed by atoms with van der Waals surface area (Å²) in [5.74, 6) is 1.34. The SMILES string of the molecule is CC(=O)CC(C)=O.CNc1cc(=O)n(C)c(SC)n1.CNc1cc(=O)n(C)cn1.Cc1ccc(S(=O)(=O)Cl)cc1.Cc1ccc(S(=O)(=O)Oc2cc(=O)n(C)c3ncn(C)c(=O)c23)cc1.Cn1cnc2c(c(Nc3ccc(I)cc3F)cc(=O)n2C)c1=O.Cn1cnc2c(c(O)cc(=O)n2C)c1=O.Nc1ccc(I)cc1F.c1ccc(Oc2ccccc2)cc1. The molecule has 0 radical (unpaired) electrons. The van der Waals surface area contributed by atoms with Crippen LogP contribution in [-0.2, 0) is 85.1 Å². The van der Waals surface area contributed by atoms with Crippen molar-refractivity contribution in [3.05, 3.63) is 314 Å². The van der Waals surface area contributed by atoms with Crippen molar-refractivity contribution in [1.29, 1.82) is 0 Å². The van der Waals surface area contributed by atoms with Gasteiger partial charge in [0.05, 0.1) is 53.7 Å². The van der Waals surface area contributed by atoms with Crippen LogP contribution in [0.1, 0.15) is 31.4 Å². The number of ketones is 2. The summed E-state index contributed by atoms with van der Waals surface area (Å²) in [5, 5.41) is 18.9. The number of aryl methyl sites for hydroxylation is 9. The van der Waals surface area contributed by atoms with Gasteiger partial charge in [-0.25, -0.2) is 42.1 Å². The number of rotatable bonds is 13. The first-order valence-electron chi connectivity index (χ1n) is 36.4. The van der Waals surface area contributed by atoms with E-state index in [4.69, 9.17) is 25.3 Å². The van der Waals surface area contributed by atoms with E-state index in [0.717, 1.165) is 46.5 Å². The average molecular weight is 2020 g/mol. The summed E-state index contributed by atoms with van der Waals surface area (Å²) in [4.78, 5) is 134. The van der Waals surface area contributed by atoms with Crippen molar-refractivity contribution < 1.29 is 49.2 Å². The van der Waals surface area contributed by atoms with Gasteiger partial charge in [-0.15, -0.1) is 0 Å². The number of anilines is 5. The van der Waals surface area contributed by atoms with E-state index in [1.54, 1.807) is 83.8 Å². The second-order valence-corrected chi connectivity index (χ2v) is 33.8. The second-order valence-electron chi connectivity index (χ2n) is 26.4. The fourth-order valence-electron chi connectivity index (χ4n) is 10.1. The van der Waals surface area contributed by atoms with Gasteiger partial charge in [0.2, 0.25) is 0 Å². The van der Waals surface area contributed by atoms with Crippen molar-refractivity contribution in [1.82, 2.24) is 61.5 Å². The molecule has 0 saturated carbocycles. The molecule has 8 heterocycles. The molecule has 6 aromatic carbocycles. The molecule has 0 atom stereocenters. The van der Waals surface area contributed by atoms with E-state index in [1.807, 2.05) is 126 Å². The minimum absolute atomic E-state index is 0.0429. The highest BCUT2D eigenvalue weighted by atomic mass is 127. The van der Waals surface area contributed by atoms with Crippen molar-refractivity contribution in [2.24, 2.45) is 56.4 Å². The number of ether oxygens (including phenoxy) is 1. The zero-order valence-electron chi connectivity index (χ0n) is 69.7. The number of Topliss-reactive ketones (excluding diaryl/α,β-unsaturated/α-hetero) is 2. The Balaban J connectivity index is 0.000000224. The van der Waals surface area contributed by atoms with E-state index in [-0.39, 0.29) is 123 Å². The number of pyridine rings is 3. The molecule has 0 fully saturated rings. The first kappa shape index (κ1) is 101. The summed E-state index contributed by atoms with van der Waals surface area (Å²) in [6.45, 7) is 6.51. The predicted octanol–water partition coefficient (Wildman–Crippen LogP) is 10.5. The average Bonchev–Trinajstić information content (AvgIpc) is 0.758. The largest absolute Gasteiger partial charge is 0.507 e. The lowest BCUT2D eigenvalue weighted by Crippen LogP contribution is -2.25. The lowest BCUT2D eigenvalue weighted by atomic mass is 10.2. The Hall–Kier alpha value is -12.9. The monoisotopic (exact) mass is 2020 g/mol. The second kappa shape index (κ2) is 46.6. The van der Waals surface area contributed by atoms with Gasteiger partial charge in [-0.1, -0.05) is 83.6 Å². The van der Waals surface area contributed by atoms with E-state index < -0.39 is 41.7 Å². The fraction of sp³-hybridized carbons (Fsp3) is 0.193. The van der Waals surface area contributed by atoms with Crippen LogP contribution in [0.25, 0.3) is 33.1 Å². The summed E-state index contributed by atoms with van der Waals surface area (Å²) in [7, 11) is 13.2. The van der Waals surface area contributed by atoms with Crippen molar-refractivity contribution in [3.63, 3.8) is 0 Å². The Labute approximate surface area is 749 Å². The molecule has 658 valence electrons. The molecule has 0 aliphatic heterocycles. The van der Waals surface area contributed by atoms with Crippen LogP contribution in [0.3, 0.4) is 0 Å². The smallest absolute Gasteiger partial charge is 0.339 e. The summed E-state index contributed by atoms with van der Waals surface area (Å²) < 4.78 is 95.5. The molecule has 0 spiro atoms. The molecule has 0 amide bonds. The highest BCUT2D eigenvalue weighted by Gasteiger charge is 2.23. The number of benzene rings is 6. The third-order valence-corrected chi connectivity index (χ3v) is 21.5. The number of nitrogens with one attached hydrogen (secondary N) is 3. The standard InChI is InChI=1S/C16H15N3O5S.C15H12FIN4O2.C12H10O.C9H9N3O3.C7H7ClO2S.C7H11N3OS.C6H5FIN.C6H9N3O.C5H8O2/c1-10-4-6-11(7-5-10)25(22,23)24-12-8-13(20)19(3)15-14(12)16(21)18(2)9-17-15;1-20-7-18-14-13(15(20)23)11(6-12(22)21(14)2)19-10-4-3-8(17)5-9(10)16;1-3-7-11(8-4-1)13-12-9-5-2-6-10-12;1-11-4-10-8-7(9(11)15)5(13)3-6(14)12(8)2;1-6-2-4-7(5-3-6)11(8,9)10;1-8-5-4-6(11)10(2)7(9-5)12-3;7-5-3-4(8)1-2-6(5)9;1-7-5-3-6(10)9(2)4-8-5;1-4(6)3-5(2)7/h4-9H,1-3H3;3-7,19H,1-2H3;1-10H;3-4,13H,1-2H3;2-5H,1H3;4,8H,1-3H3;1-3H,9H2;3-4,7H,1-2H3;3H2,1-2H3. The summed E-state index contributed by atoms with van der Waals surface area (Å²) in [6, 6.07) is 47.4. The molecule has 0 bridgehead atoms. The van der Waals surface area contributed by atoms with Crippen molar-refractivity contribution in [2.75, 3.05) is 42.0 Å². The minimum Gasteiger partial charge on any atom is -0.507 e. The van der Waals surface area contributed by atoms with Gasteiger partial charge >= 0.3 is 10.1 Å². The number of aromatic hydroxyl groups is 1. The predicted molar refractivity (Wildman–Crippen MR) is 496 cm³/mol. The van der Waals surface area contributed by atoms with E-state index in [1.165, 1.54) is 173 Å². The van der Waals surface area contributed by atoms with Crippen LogP contribution in [0.5, 0.6) is 23.0 Å². The lowest BCUT2D eigenvalue weighted by Gasteiger charge is -2.12. The maximum Gasteiger partial charge on any atom is 0.339 e. The normalized spacial score (nSPS) is 10.5. The number of para-hydroxylation sites is 2. The highest BCUT2D eigenvalue weighted by molar-refractivity contribution is 14.1. The Kier molecular flexibility index (Phi) is 37.6. The number of hydrogen-bond donors (Lipinski definition) is 5. The molecule has 0 unspecified atom stereocenters. The Morgan fingerprint density at radius 2 is 0.912 bits per heavy atom. The van der Waals surface area contributed by atoms with Gasteiger partial charge < -0.3 is 54.0 Å². The third kappa shape index (κ3) is 29.4. The fourth-order valence-corrected chi connectivity index (χ4v) is 13.2. The topological polar surface area (TPSA) is 444 Å². The minimum atomic E-state index is -4.20. The van der Waals surface area contributed by atoms with Crippen molar-refractivity contribution in [2.45, 2.75) is 49.1 Å². The van der Waals surface area contributed by atoms with Crippen LogP contribution in [0.15, 0.2) is 255 Å². The molecular formula is C83H86ClF2I2N17O17S3. The number of fused-ring (bicyclic) bond motifs is 3. The van der Waals surface area contributed by atoms with Crippen molar-refractivity contribution >= 4 is 160 Å². The van der Waals surface area contributed by atoms with E-state index >= 15 is 0 Å². The number of halogens is 5. The number of aromatic nitrogens is 13. The molecule has 34 nitrogen and oxygen atoms in total. The van der Waals surface area contributed by atoms with Gasteiger partial charge in [0.1, 0.15) is 73.1 Å². The van der Waals surface area contributed by atoms with Gasteiger partial charge in [-0.05, 0) is 164 Å². The number of thioether (sulfide) groups is 1. The number of nitrogens with two attached hydrogens (primary N) is 1. The number of carbonyl (C=O) groups is 2. The summed E-state index contributed by atoms with van der Waals surface area (Å²) in [6.07, 6.45) is 7.36. The first-order valence-corrected chi connectivity index (χ1v) is 43.5. The van der Waals surface area contributed by atoms with E-state index in [9.17, 15) is 78.7 Å². The molecule has 0 aliphatic carbocycles. The molecule has 125 heavy (non-hydrogen) atoms. The van der Waals surface area contributed by atoms with Crippen LogP contribution in [0.4, 0.5) is 37.5 Å². The van der Waals surface area contributed by atoms with Crippen molar-refractivity contribution in [3.8, 4) is 23.0 Å². The van der Waals surface area contributed by atoms with E-state index in [0.29, 0.717) is 16.8 Å². The zero-order valence-corrected chi connectivity index (χ0v) is 77.3. The highest BCUT2D eigenvalue weighted by Crippen LogP contribution is 2.27. The Morgan fingerprint density at radius 1 is 0.496 bits per heavy atom. The molecular weight excluding hydrogens is 1930 g/mol. The quantitative estimate of drug-likeness (QED) is 0.0136. The molecule has 6 N–H and O–H groups in total. The maximum atomic E-state index is 14.0. The zero-order chi connectivity index (χ0) is 93.1. The molecule has 14 rings (SSSR count). The Bertz CT molecular complexity index is 6940. The van der Waals surface area contributed by atoms with Crippen LogP contribution < -0.4 is 75.1 Å². The van der Waals surface area contributed by atoms with Gasteiger partial charge in [-0.3, -0.25) is 66.2 Å². The molecule has 8 aromatic heterocycles. The van der Waals surface area contributed by atoms with Crippen LogP contribution in [0.2, 0.25) is 0 Å². The third-order valence-electron chi connectivity index (χ3n) is 16.8. The lowest BCUT2D eigenvalue weighted by molar-refractivity contribution is -0.124. The number of nitrogens with zero attached hydrogens (tertiary/aromatic N) is 13.